The van der Waals surface area contributed by atoms with Crippen LogP contribution in [-0.2, 0) is 5.41 Å². The van der Waals surface area contributed by atoms with E-state index in [-0.39, 0.29) is 5.41 Å². The van der Waals surface area contributed by atoms with Crippen LogP contribution in [0.25, 0.3) is 17.2 Å². The summed E-state index contributed by atoms with van der Waals surface area (Å²) in [5.74, 6) is 1.73. The Morgan fingerprint density at radius 2 is 1.41 bits per heavy atom. The molecule has 0 amide bonds. The zero-order chi connectivity index (χ0) is 19.4. The van der Waals surface area contributed by atoms with Crippen molar-refractivity contribution in [3.63, 3.8) is 0 Å². The van der Waals surface area contributed by atoms with E-state index in [0.717, 1.165) is 22.6 Å². The fourth-order valence-electron chi connectivity index (χ4n) is 3.02. The average molecular weight is 357 g/mol. The monoisotopic (exact) mass is 356 g/mol. The van der Waals surface area contributed by atoms with Crippen molar-refractivity contribution in [2.24, 2.45) is 0 Å². The predicted octanol–water partition coefficient (Wildman–Crippen LogP) is 7.78. The van der Waals surface area contributed by atoms with Crippen LogP contribution in [0, 0.1) is 6.92 Å². The molecular weight excluding hydrogens is 328 g/mol. The summed E-state index contributed by atoms with van der Waals surface area (Å²) in [4.78, 5) is 0. The van der Waals surface area contributed by atoms with Crippen LogP contribution in [0.2, 0.25) is 0 Å². The Bertz CT molecular complexity index is 923. The number of benzene rings is 3. The summed E-state index contributed by atoms with van der Waals surface area (Å²) >= 11 is 0. The Hall–Kier alpha value is -2.80. The number of aryl methyl sites for hydroxylation is 1. The zero-order valence-corrected chi connectivity index (χ0v) is 16.9. The Kier molecular flexibility index (Phi) is 5.51. The molecule has 0 saturated carbocycles. The van der Waals surface area contributed by atoms with E-state index in [9.17, 15) is 0 Å². The molecule has 3 aromatic rings. The lowest BCUT2D eigenvalue weighted by Gasteiger charge is -2.19. The molecule has 3 rings (SSSR count). The van der Waals surface area contributed by atoms with E-state index in [1.807, 2.05) is 13.0 Å². The third-order valence-corrected chi connectivity index (χ3v) is 4.69. The molecule has 0 aliphatic carbocycles. The molecule has 0 bridgehead atoms. The Morgan fingerprint density at radius 1 is 0.778 bits per heavy atom. The minimum atomic E-state index is 0.139. The smallest absolute Gasteiger partial charge is 0.135 e. The maximum absolute atomic E-state index is 6.26. The van der Waals surface area contributed by atoms with Gasteiger partial charge in [0, 0.05) is 5.56 Å². The highest BCUT2D eigenvalue weighted by atomic mass is 16.5. The average Bonchev–Trinajstić information content (AvgIpc) is 2.64. The van der Waals surface area contributed by atoms with Gasteiger partial charge < -0.3 is 4.74 Å². The second-order valence-electron chi connectivity index (χ2n) is 8.00. The molecule has 0 aromatic heterocycles. The number of rotatable bonds is 4. The quantitative estimate of drug-likeness (QED) is 0.463. The maximum Gasteiger partial charge on any atom is 0.135 e. The lowest BCUT2D eigenvalue weighted by atomic mass is 9.87. The van der Waals surface area contributed by atoms with Gasteiger partial charge in [0.15, 0.2) is 0 Å². The molecule has 1 heteroatoms. The summed E-state index contributed by atoms with van der Waals surface area (Å²) < 4.78 is 6.26. The normalized spacial score (nSPS) is 11.7. The third kappa shape index (κ3) is 4.68. The maximum atomic E-state index is 6.26. The lowest BCUT2D eigenvalue weighted by Crippen LogP contribution is -2.10. The minimum Gasteiger partial charge on any atom is -0.457 e. The van der Waals surface area contributed by atoms with Gasteiger partial charge >= 0.3 is 0 Å². The van der Waals surface area contributed by atoms with Crippen LogP contribution in [0.15, 0.2) is 72.8 Å². The molecule has 138 valence electrons. The first-order valence-electron chi connectivity index (χ1n) is 9.49. The number of hydrogen-bond acceptors (Lipinski definition) is 1. The van der Waals surface area contributed by atoms with Crippen LogP contribution < -0.4 is 4.74 Å². The van der Waals surface area contributed by atoms with E-state index >= 15 is 0 Å². The van der Waals surface area contributed by atoms with Gasteiger partial charge in [0.1, 0.15) is 11.5 Å². The molecule has 0 N–H and O–H groups in total. The summed E-state index contributed by atoms with van der Waals surface area (Å²) in [6, 6.07) is 23.4. The Balaban J connectivity index is 1.94. The molecule has 27 heavy (non-hydrogen) atoms. The molecule has 0 saturated heterocycles. The largest absolute Gasteiger partial charge is 0.457 e. The number of ether oxygens (including phenoxy) is 1. The van der Waals surface area contributed by atoms with Gasteiger partial charge in [-0.3, -0.25) is 0 Å². The number of allylic oxidation sites excluding steroid dienone is 1. The molecule has 0 fully saturated rings. The summed E-state index contributed by atoms with van der Waals surface area (Å²) in [5, 5.41) is 0. The standard InChI is InChI=1S/C26H28O/c1-6-7-21-12-13-22(20-10-8-19(2)9-11-20)18-25(21)27-24-16-14-23(15-17-24)26(3,4)5/h6-18H,1-5H3/b7-6-. The molecule has 0 unspecified atom stereocenters. The van der Waals surface area contributed by atoms with Crippen LogP contribution in [-0.4, -0.2) is 0 Å². The second kappa shape index (κ2) is 7.84. The highest BCUT2D eigenvalue weighted by Gasteiger charge is 2.13. The van der Waals surface area contributed by atoms with Gasteiger partial charge in [-0.05, 0) is 54.2 Å². The van der Waals surface area contributed by atoms with Gasteiger partial charge in [0.05, 0.1) is 0 Å². The molecule has 0 atom stereocenters. The molecule has 0 spiro atoms. The zero-order valence-electron chi connectivity index (χ0n) is 16.9. The highest BCUT2D eigenvalue weighted by molar-refractivity contribution is 5.70. The summed E-state index contributed by atoms with van der Waals surface area (Å²) in [5.41, 5.74) is 6.13. The van der Waals surface area contributed by atoms with E-state index in [1.54, 1.807) is 0 Å². The first-order valence-corrected chi connectivity index (χ1v) is 9.49. The van der Waals surface area contributed by atoms with Crippen molar-refractivity contribution in [2.75, 3.05) is 0 Å². The van der Waals surface area contributed by atoms with Gasteiger partial charge in [-0.25, -0.2) is 0 Å². The van der Waals surface area contributed by atoms with Gasteiger partial charge in [0.25, 0.3) is 0 Å². The van der Waals surface area contributed by atoms with Gasteiger partial charge in [0.2, 0.25) is 0 Å². The molecular formula is C26H28O. The van der Waals surface area contributed by atoms with E-state index in [0.29, 0.717) is 0 Å². The van der Waals surface area contributed by atoms with Crippen molar-refractivity contribution in [3.05, 3.63) is 89.5 Å². The minimum absolute atomic E-state index is 0.139. The molecule has 0 heterocycles. The topological polar surface area (TPSA) is 9.23 Å². The lowest BCUT2D eigenvalue weighted by molar-refractivity contribution is 0.480. The van der Waals surface area contributed by atoms with Crippen molar-refractivity contribution in [1.29, 1.82) is 0 Å². The summed E-state index contributed by atoms with van der Waals surface area (Å²) in [6.45, 7) is 10.8. The Labute approximate surface area is 163 Å². The molecule has 0 aliphatic heterocycles. The van der Waals surface area contributed by atoms with Crippen molar-refractivity contribution >= 4 is 6.08 Å². The Morgan fingerprint density at radius 3 is 2.00 bits per heavy atom. The van der Waals surface area contributed by atoms with Gasteiger partial charge in [-0.2, -0.15) is 0 Å². The van der Waals surface area contributed by atoms with Crippen molar-refractivity contribution in [3.8, 4) is 22.6 Å². The number of hydrogen-bond donors (Lipinski definition) is 0. The van der Waals surface area contributed by atoms with Crippen molar-refractivity contribution in [1.82, 2.24) is 0 Å². The van der Waals surface area contributed by atoms with Gasteiger partial charge in [-0.1, -0.05) is 87.0 Å². The van der Waals surface area contributed by atoms with E-state index in [4.69, 9.17) is 4.74 Å². The van der Waals surface area contributed by atoms with Crippen LogP contribution in [0.4, 0.5) is 0 Å². The summed E-state index contributed by atoms with van der Waals surface area (Å²) in [6.07, 6.45) is 4.12. The fourth-order valence-corrected chi connectivity index (χ4v) is 3.02. The first-order chi connectivity index (χ1) is 12.9. The van der Waals surface area contributed by atoms with Gasteiger partial charge in [-0.15, -0.1) is 0 Å². The van der Waals surface area contributed by atoms with Crippen molar-refractivity contribution < 1.29 is 4.74 Å². The SMILES string of the molecule is C/C=C\c1ccc(-c2ccc(C)cc2)cc1Oc1ccc(C(C)(C)C)cc1. The van der Waals surface area contributed by atoms with Crippen LogP contribution >= 0.6 is 0 Å². The van der Waals surface area contributed by atoms with E-state index in [2.05, 4.69) is 101 Å². The predicted molar refractivity (Wildman–Crippen MR) is 117 cm³/mol. The fraction of sp³-hybridized carbons (Fsp3) is 0.231. The summed E-state index contributed by atoms with van der Waals surface area (Å²) in [7, 11) is 0. The first kappa shape index (κ1) is 19.0. The van der Waals surface area contributed by atoms with Crippen LogP contribution in [0.3, 0.4) is 0 Å². The molecule has 0 radical (unpaired) electrons. The van der Waals surface area contributed by atoms with Crippen LogP contribution in [0.5, 0.6) is 11.5 Å². The molecule has 0 aliphatic rings. The second-order valence-corrected chi connectivity index (χ2v) is 8.00. The highest BCUT2D eigenvalue weighted by Crippen LogP contribution is 2.33. The van der Waals surface area contributed by atoms with Crippen LogP contribution in [0.1, 0.15) is 44.4 Å². The van der Waals surface area contributed by atoms with E-state index < -0.39 is 0 Å². The molecule has 1 nitrogen and oxygen atoms in total. The van der Waals surface area contributed by atoms with Crippen molar-refractivity contribution in [2.45, 2.75) is 40.0 Å². The molecule has 3 aromatic carbocycles. The van der Waals surface area contributed by atoms with E-state index in [1.165, 1.54) is 16.7 Å². The third-order valence-electron chi connectivity index (χ3n) is 4.69.